The van der Waals surface area contributed by atoms with E-state index in [-0.39, 0.29) is 17.5 Å². The zero-order chi connectivity index (χ0) is 39.9. The van der Waals surface area contributed by atoms with E-state index in [2.05, 4.69) is 72.0 Å². The lowest BCUT2D eigenvalue weighted by Crippen LogP contribution is -2.56. The van der Waals surface area contributed by atoms with E-state index in [1.54, 1.807) is 14.2 Å². The second-order valence-corrected chi connectivity index (χ2v) is 16.6. The van der Waals surface area contributed by atoms with Crippen LogP contribution in [0.1, 0.15) is 73.6 Å². The second kappa shape index (κ2) is 15.8. The number of carboxylic acid groups (broad SMARTS) is 1. The minimum atomic E-state index is -0.636. The highest BCUT2D eigenvalue weighted by molar-refractivity contribution is 6.31. The molecule has 3 heterocycles. The summed E-state index contributed by atoms with van der Waals surface area (Å²) in [5, 5.41) is 22.9. The Morgan fingerprint density at radius 3 is 2.42 bits per heavy atom. The van der Waals surface area contributed by atoms with Gasteiger partial charge in [0, 0.05) is 64.7 Å². The van der Waals surface area contributed by atoms with Crippen molar-refractivity contribution in [3.05, 3.63) is 94.1 Å². The average Bonchev–Trinajstić information content (AvgIpc) is 3.85. The third kappa shape index (κ3) is 7.37. The lowest BCUT2D eigenvalue weighted by Gasteiger charge is -2.55. The van der Waals surface area contributed by atoms with Crippen molar-refractivity contribution in [2.24, 2.45) is 5.41 Å². The first kappa shape index (κ1) is 38.9. The maximum atomic E-state index is 12.0. The molecule has 57 heavy (non-hydrogen) atoms. The smallest absolute Gasteiger partial charge is 0.309 e. The van der Waals surface area contributed by atoms with Gasteiger partial charge in [0.1, 0.15) is 5.75 Å². The highest BCUT2D eigenvalue weighted by Gasteiger charge is 2.54. The van der Waals surface area contributed by atoms with Crippen LogP contribution in [0.25, 0.3) is 33.3 Å². The summed E-state index contributed by atoms with van der Waals surface area (Å²) >= 11 is 7.02. The molecule has 9 rings (SSSR count). The molecule has 11 nitrogen and oxygen atoms in total. The molecule has 1 amide bonds. The number of methoxy groups -OCH3 is 2. The molecule has 0 radical (unpaired) electrons. The van der Waals surface area contributed by atoms with Gasteiger partial charge >= 0.3 is 5.97 Å². The van der Waals surface area contributed by atoms with E-state index in [0.29, 0.717) is 43.5 Å². The highest BCUT2D eigenvalue weighted by atomic mass is 35.5. The minimum Gasteiger partial charge on any atom is -0.496 e. The normalized spacial score (nSPS) is 21.6. The van der Waals surface area contributed by atoms with E-state index in [9.17, 15) is 14.7 Å². The standard InChI is InChI=1S/C45H51ClN6O5/c1-28-33(7-5-8-34(28)38-13-11-29(42(50-38)57-4)23-47-24-32-12-14-41(53)49-32)35-9-6-10-39-36(35)25-48-52(39)27-30-22-40(56-3)31(21-37(30)46)26-51(2)45-18-15-44(16-19-45,17-20-45)43(54)55/h5-11,13,21-22,25,32,47H,12,14-20,23-24,26-27H2,1-4H3,(H,49,53)(H,54,55). The number of carboxylic acids is 1. The first-order valence-electron chi connectivity index (χ1n) is 19.9. The number of rotatable bonds is 14. The minimum absolute atomic E-state index is 0.000122. The van der Waals surface area contributed by atoms with Crippen molar-refractivity contribution in [3.8, 4) is 34.0 Å². The number of carbonyl (C=O) groups excluding carboxylic acids is 1. The largest absolute Gasteiger partial charge is 0.496 e. The zero-order valence-electron chi connectivity index (χ0n) is 33.2. The van der Waals surface area contributed by atoms with Gasteiger partial charge in [-0.2, -0.15) is 5.10 Å². The molecule has 5 aromatic rings. The molecule has 3 saturated carbocycles. The fourth-order valence-electron chi connectivity index (χ4n) is 9.53. The van der Waals surface area contributed by atoms with Crippen molar-refractivity contribution >= 4 is 34.4 Å². The molecular weight excluding hydrogens is 740 g/mol. The summed E-state index contributed by atoms with van der Waals surface area (Å²) in [5.74, 6) is 0.832. The molecule has 1 aliphatic heterocycles. The van der Waals surface area contributed by atoms with Gasteiger partial charge in [-0.25, -0.2) is 4.98 Å². The summed E-state index contributed by atoms with van der Waals surface area (Å²) < 4.78 is 13.7. The maximum absolute atomic E-state index is 12.0. The number of nitrogens with zero attached hydrogens (tertiary/aromatic N) is 4. The number of fused-ring (bicyclic) bond motifs is 4. The van der Waals surface area contributed by atoms with Crippen molar-refractivity contribution in [2.75, 3.05) is 27.8 Å². The molecule has 3 aliphatic carbocycles. The molecule has 3 N–H and O–H groups in total. The molecule has 2 bridgehead atoms. The number of hydrogen-bond donors (Lipinski definition) is 3. The van der Waals surface area contributed by atoms with Crippen LogP contribution >= 0.6 is 11.6 Å². The molecule has 298 valence electrons. The fraction of sp³-hybridized carbons (Fsp3) is 0.422. The monoisotopic (exact) mass is 790 g/mol. The quantitative estimate of drug-likeness (QED) is 0.103. The third-order valence-electron chi connectivity index (χ3n) is 13.2. The summed E-state index contributed by atoms with van der Waals surface area (Å²) in [6.07, 6.45) is 8.24. The predicted octanol–water partition coefficient (Wildman–Crippen LogP) is 7.77. The van der Waals surface area contributed by atoms with Crippen molar-refractivity contribution < 1.29 is 24.2 Å². The van der Waals surface area contributed by atoms with Crippen molar-refractivity contribution in [2.45, 2.75) is 89.5 Å². The highest BCUT2D eigenvalue weighted by Crippen LogP contribution is 2.55. The van der Waals surface area contributed by atoms with Gasteiger partial charge in [0.05, 0.1) is 43.6 Å². The van der Waals surface area contributed by atoms with Crippen LogP contribution in [0.2, 0.25) is 5.02 Å². The Balaban J connectivity index is 1.00. The van der Waals surface area contributed by atoms with Crippen LogP contribution in [0.5, 0.6) is 11.6 Å². The number of aliphatic carboxylic acids is 1. The molecule has 1 atom stereocenters. The Morgan fingerprint density at radius 1 is 0.982 bits per heavy atom. The first-order chi connectivity index (χ1) is 27.5. The average molecular weight is 791 g/mol. The SMILES string of the molecule is COc1cc(Cn2ncc3c(-c4cccc(-c5ccc(CNCC6CCC(=O)N6)c(OC)n5)c4C)cccc32)c(Cl)cc1CN(C)C12CCC(C(=O)O)(CC1)CC2. The van der Waals surface area contributed by atoms with Gasteiger partial charge in [-0.15, -0.1) is 0 Å². The number of carbonyl (C=O) groups is 2. The van der Waals surface area contributed by atoms with E-state index in [1.807, 2.05) is 29.1 Å². The fourth-order valence-corrected chi connectivity index (χ4v) is 9.77. The number of ether oxygens (including phenoxy) is 2. The molecule has 2 aromatic heterocycles. The summed E-state index contributed by atoms with van der Waals surface area (Å²) in [7, 11) is 5.49. The maximum Gasteiger partial charge on any atom is 0.309 e. The molecule has 0 spiro atoms. The van der Waals surface area contributed by atoms with Crippen LogP contribution in [-0.4, -0.2) is 76.0 Å². The molecule has 3 aromatic carbocycles. The summed E-state index contributed by atoms with van der Waals surface area (Å²) in [4.78, 5) is 30.9. The Morgan fingerprint density at radius 2 is 1.72 bits per heavy atom. The van der Waals surface area contributed by atoms with E-state index >= 15 is 0 Å². The summed E-state index contributed by atoms with van der Waals surface area (Å²) in [5.41, 5.74) is 8.47. The molecule has 12 heteroatoms. The lowest BCUT2D eigenvalue weighted by molar-refractivity contribution is -0.160. The van der Waals surface area contributed by atoms with E-state index < -0.39 is 11.4 Å². The predicted molar refractivity (Wildman–Crippen MR) is 222 cm³/mol. The Hall–Kier alpha value is -4.97. The van der Waals surface area contributed by atoms with Crippen molar-refractivity contribution in [1.82, 2.24) is 30.3 Å². The number of amides is 1. The van der Waals surface area contributed by atoms with Crippen molar-refractivity contribution in [3.63, 3.8) is 0 Å². The molecule has 1 unspecified atom stereocenters. The van der Waals surface area contributed by atoms with Gasteiger partial charge in [-0.3, -0.25) is 19.2 Å². The van der Waals surface area contributed by atoms with Crippen LogP contribution in [0.3, 0.4) is 0 Å². The van der Waals surface area contributed by atoms with Crippen LogP contribution in [0, 0.1) is 12.3 Å². The Labute approximate surface area is 338 Å². The molecule has 4 fully saturated rings. The Bertz CT molecular complexity index is 2320. The molecule has 4 aliphatic rings. The second-order valence-electron chi connectivity index (χ2n) is 16.2. The van der Waals surface area contributed by atoms with Crippen LogP contribution in [-0.2, 0) is 29.2 Å². The van der Waals surface area contributed by atoms with Gasteiger partial charge < -0.3 is 25.2 Å². The zero-order valence-corrected chi connectivity index (χ0v) is 33.9. The van der Waals surface area contributed by atoms with Crippen LogP contribution in [0.4, 0.5) is 0 Å². The number of halogens is 1. The van der Waals surface area contributed by atoms with E-state index in [4.69, 9.17) is 31.2 Å². The molecular formula is C45H51ClN6O5. The van der Waals surface area contributed by atoms with E-state index in [1.165, 1.54) is 0 Å². The van der Waals surface area contributed by atoms with Crippen LogP contribution in [0.15, 0.2) is 66.9 Å². The van der Waals surface area contributed by atoms with Gasteiger partial charge in [-0.05, 0) is 105 Å². The first-order valence-corrected chi connectivity index (χ1v) is 20.3. The van der Waals surface area contributed by atoms with Gasteiger partial charge in [0.15, 0.2) is 0 Å². The Kier molecular flexibility index (Phi) is 10.7. The lowest BCUT2D eigenvalue weighted by atomic mass is 9.57. The summed E-state index contributed by atoms with van der Waals surface area (Å²) in [6, 6.07) is 20.9. The van der Waals surface area contributed by atoms with E-state index in [0.717, 1.165) is 106 Å². The van der Waals surface area contributed by atoms with Gasteiger partial charge in [0.2, 0.25) is 11.8 Å². The van der Waals surface area contributed by atoms with Crippen LogP contribution < -0.4 is 20.1 Å². The number of benzene rings is 3. The molecule has 1 saturated heterocycles. The number of hydrogen-bond acceptors (Lipinski definition) is 8. The number of nitrogens with one attached hydrogen (secondary N) is 2. The van der Waals surface area contributed by atoms with Gasteiger partial charge in [-0.1, -0.05) is 48.0 Å². The third-order valence-corrected chi connectivity index (χ3v) is 13.5. The van der Waals surface area contributed by atoms with Gasteiger partial charge in [0.25, 0.3) is 0 Å². The number of pyridine rings is 1. The topological polar surface area (TPSA) is 131 Å². The number of aromatic nitrogens is 3. The van der Waals surface area contributed by atoms with Crippen molar-refractivity contribution in [1.29, 1.82) is 0 Å². The summed E-state index contributed by atoms with van der Waals surface area (Å²) in [6.45, 7) is 4.56.